The Labute approximate surface area is 881 Å². The van der Waals surface area contributed by atoms with Crippen molar-refractivity contribution < 1.29 is 131 Å². The molecule has 2 atom stereocenters. The summed E-state index contributed by atoms with van der Waals surface area (Å²) < 4.78 is 74.9. The number of nitro groups is 1. The van der Waals surface area contributed by atoms with Gasteiger partial charge < -0.3 is 59.1 Å². The number of nitrogens with one attached hydrogen (secondary N) is 4. The third-order valence-electron chi connectivity index (χ3n) is 21.2. The van der Waals surface area contributed by atoms with Crippen molar-refractivity contribution in [2.45, 2.75) is 160 Å². The number of H-pyrrole nitrogens is 3. The number of rotatable bonds is 14. The number of carboxylic acids is 1. The molecule has 0 bridgehead atoms. The van der Waals surface area contributed by atoms with E-state index in [-0.39, 0.29) is 134 Å². The summed E-state index contributed by atoms with van der Waals surface area (Å²) in [7, 11) is 3.87. The number of nitrogen functional groups attached to an aromatic ring is 1. The van der Waals surface area contributed by atoms with Crippen LogP contribution in [-0.4, -0.2) is 194 Å². The number of nitrogens with zero attached hydrogens (tertiary/aromatic N) is 10. The van der Waals surface area contributed by atoms with E-state index in [2.05, 4.69) is 107 Å². The molecule has 0 spiro atoms. The van der Waals surface area contributed by atoms with Crippen molar-refractivity contribution in [2.75, 3.05) is 44.9 Å². The number of aromatic nitrogens is 10. The molecule has 2 unspecified atom stereocenters. The predicted octanol–water partition coefficient (Wildman–Crippen LogP) is 16.4. The number of aromatic carboxylic acids is 1. The van der Waals surface area contributed by atoms with Crippen LogP contribution < -0.4 is 42.7 Å². The number of carbonyl (C=O) groups is 10. The van der Waals surface area contributed by atoms with Gasteiger partial charge in [0.2, 0.25) is 16.3 Å². The van der Waals surface area contributed by atoms with Crippen molar-refractivity contribution in [2.24, 2.45) is 5.84 Å². The largest absolute Gasteiger partial charge is 0.542 e. The maximum absolute atomic E-state index is 12.3. The zero-order valence-electron chi connectivity index (χ0n) is 84.2. The van der Waals surface area contributed by atoms with Crippen LogP contribution in [0.3, 0.4) is 0 Å². The summed E-state index contributed by atoms with van der Waals surface area (Å²) in [5.41, 5.74) is 3.63. The number of non-ortho nitro benzene ring substituents is 1. The second-order valence-electron chi connectivity index (χ2n) is 33.0. The Morgan fingerprint density at radius 3 is 1.41 bits per heavy atom. The van der Waals surface area contributed by atoms with Crippen LogP contribution in [0.1, 0.15) is 194 Å². The molecule has 39 nitrogen and oxygen atoms in total. The van der Waals surface area contributed by atoms with Crippen molar-refractivity contribution in [3.05, 3.63) is 359 Å². The standard InChI is InChI=1S/C13H20N2OSi.C12H8N2O2.C10H10N2O3.C9H14O4.C8H6N2O3.C8H6N2O2.C8H5NO2.C7H6N2O.C6H15ClSi.C6H3F2NO2.C6H12O3.C4H6N2.C2H6.2CH4.BH.U/c1-13(2,3)17(4,5)16-12-8-9-14-15-10-6-7-11(12)15;15-11-9-5-1-2-6-10(9)12(16)14(11)13-7-3-4-8-13;1-2-15-10(14)7-6-11-12-5-3-4-8(12)9(7)13;1-4-12-6-8(7(3)10)9(11)13-5-2;11-7-5(8(12)13)4-9-10-3-1-2-6(7)10;9-10-7(11)5-3-1-2-4-6(5)8(10)12;10-7-5-3-1-2-4-6(5)8(11)9-7;10-7-3-4-8-9-5-1-2-6(7)9;1-6(2,3)8(4,5)7;7-5-2-1-4(9(10)11)3-6(5)8;1-7-5-3-4-6(8-2)9-5;5-6-3-1-2-4-6;1-2;;;;/h6-10H,1-5H3;1-8H;3-6,11H,2H2,1H3;6H,4-5H2,1-3H3;1-4,9H,(H,12,13);1-4H,9H2;1-4H,(H,9,10,11);1-5,8H;1-5H3;1-3H;5-6H,3-4H2,1-2H3;1-4H,5H2;1-2H3;2*1H4;1H;/b;;;8-6-;;;;;;;;;;;;;/i;;;;;;;;;;;;;;;1D;. The minimum absolute atomic E-state index is 0. The molecule has 6 amide bonds. The average molecular weight is 2310 g/mol. The summed E-state index contributed by atoms with van der Waals surface area (Å²) in [6.07, 6.45) is 22.8. The van der Waals surface area contributed by atoms with Crippen LogP contribution in [0.5, 0.6) is 5.75 Å². The van der Waals surface area contributed by atoms with Crippen LogP contribution in [0.2, 0.25) is 36.3 Å². The van der Waals surface area contributed by atoms with Crippen LogP contribution in [0, 0.1) is 52.9 Å². The second kappa shape index (κ2) is 60.8. The number of hydrogen-bond acceptors (Lipinski definition) is 25. The summed E-state index contributed by atoms with van der Waals surface area (Å²) in [6.45, 7) is 33.5. The number of esters is 2. The first-order valence-electron chi connectivity index (χ1n) is 44.9. The van der Waals surface area contributed by atoms with E-state index in [9.17, 15) is 81.2 Å². The number of Topliss-reactive ketones (excluding diaryl/α,β-unsaturated/α-hetero) is 1. The molecule has 4 aromatic carbocycles. The molecule has 0 aliphatic carbocycles. The number of carbonyl (C=O) groups excluding carboxylic acids is 9. The van der Waals surface area contributed by atoms with E-state index in [1.807, 2.05) is 61.0 Å². The molecule has 4 aliphatic rings. The fourth-order valence-corrected chi connectivity index (χ4v) is 12.7. The first-order chi connectivity index (χ1) is 68.7. The topological polar surface area (TPSA) is 508 Å². The van der Waals surface area contributed by atoms with E-state index in [1.165, 1.54) is 39.3 Å². The molecular weight excluding hydrogens is 2180 g/mol. The van der Waals surface area contributed by atoms with Crippen molar-refractivity contribution in [3.8, 4) is 5.75 Å². The molecule has 1 saturated heterocycles. The molecule has 18 rings (SSSR count). The fraction of sp³-hybridized carbons (Fsp3) is 0.287. The predicted molar refractivity (Wildman–Crippen MR) is 559 cm³/mol. The maximum atomic E-state index is 12.3. The minimum Gasteiger partial charge on any atom is -0.542 e. The number of ketones is 1. The van der Waals surface area contributed by atoms with E-state index in [0.717, 1.165) is 41.4 Å². The van der Waals surface area contributed by atoms with Crippen molar-refractivity contribution in [3.63, 3.8) is 0 Å². The number of hydrazine groups is 1. The fourth-order valence-electron chi connectivity index (χ4n) is 11.7. The van der Waals surface area contributed by atoms with Crippen LogP contribution in [-0.2, 0) is 38.0 Å². The monoisotopic (exact) mass is 2310 g/mol. The quantitative estimate of drug-likeness (QED) is 0.00432. The van der Waals surface area contributed by atoms with Crippen LogP contribution in [0.25, 0.3) is 22.1 Å². The minimum atomic E-state index is -1.78. The summed E-state index contributed by atoms with van der Waals surface area (Å²) in [4.78, 5) is 156. The van der Waals surface area contributed by atoms with E-state index < -0.39 is 73.1 Å². The van der Waals surface area contributed by atoms with Crippen molar-refractivity contribution in [1.29, 1.82) is 1.34 Å². The number of nitrogens with two attached hydrogens (primary N) is 2. The summed E-state index contributed by atoms with van der Waals surface area (Å²) in [5, 5.41) is 35.7. The maximum Gasteiger partial charge on any atom is 0.344 e. The summed E-state index contributed by atoms with van der Waals surface area (Å²) >= 11 is 6.15. The number of benzene rings is 4. The Kier molecular flexibility index (Phi) is 52.3. The molecule has 0 saturated carbocycles. The third kappa shape index (κ3) is 36.4. The number of fused-ring (bicyclic) bond motifs is 7. The average Bonchev–Trinajstić information content (AvgIpc) is 1.61. The molecule has 784 valence electrons. The van der Waals surface area contributed by atoms with E-state index in [4.69, 9.17) is 57.3 Å². The first-order valence-corrected chi connectivity index (χ1v) is 51.3. The van der Waals surface area contributed by atoms with Gasteiger partial charge >= 0.3 is 17.9 Å². The van der Waals surface area contributed by atoms with E-state index >= 15 is 0 Å². The summed E-state index contributed by atoms with van der Waals surface area (Å²) in [5.74, 6) is 4.21. The molecule has 10 aromatic heterocycles. The molecule has 2 radical (unpaired) electrons. The Bertz CT molecular complexity index is 6810. The number of hydrogen-bond donors (Lipinski definition) is 7. The van der Waals surface area contributed by atoms with Crippen LogP contribution >= 0.6 is 11.1 Å². The normalized spacial score (nSPS) is 13.2. The van der Waals surface area contributed by atoms with E-state index in [0.29, 0.717) is 78.7 Å². The smallest absolute Gasteiger partial charge is 0.344 e. The van der Waals surface area contributed by atoms with Gasteiger partial charge in [-0.15, -0.1) is 0 Å². The SMILES string of the molecule is C.C.CC.CC(C)(C)[Si](C)(C)Cl.CC(C)(C)[Si](C)(C)Oc1ccnn2cccc12.CCO/C=C(/C(C)=O)C(=O)OCC.CCOC(=O)c1c[nH]n2cccc2c1=O.COC1CCC(OC)O1.NN1C(=O)c2ccccc2C1=O.Nn1cccc1.O=C(O)c1c[nH]n2cccc2c1=O.O=C1NC(=O)c2ccccc21.O=C1c2ccccc2C(=O)N1n1cccc1.O=[N+]([O-])c1ccc(F)c(F)c1.O=c1cc[nH]n2cccc12.[2H][B].[U]. The number of methoxy groups -OCH3 is 2. The van der Waals surface area contributed by atoms with Gasteiger partial charge in [0.15, 0.2) is 37.4 Å². The zero-order valence-corrected chi connectivity index (χ0v) is 90.1. The van der Waals surface area contributed by atoms with Gasteiger partial charge in [0.25, 0.3) is 49.4 Å². The van der Waals surface area contributed by atoms with Gasteiger partial charge in [0, 0.05) is 153 Å². The Hall–Kier alpha value is -14.8. The third-order valence-corrected chi connectivity index (χ3v) is 30.8. The number of halogens is 3. The van der Waals surface area contributed by atoms with Crippen LogP contribution in [0.15, 0.2) is 277 Å². The molecule has 1 fully saturated rings. The number of ether oxygens (including phenoxy) is 6. The Morgan fingerprint density at radius 1 is 0.578 bits per heavy atom. The Morgan fingerprint density at radius 2 is 1.01 bits per heavy atom. The molecule has 4 aliphatic heterocycles. The first kappa shape index (κ1) is 126. The van der Waals surface area contributed by atoms with Crippen LogP contribution in [0.4, 0.5) is 14.5 Å². The van der Waals surface area contributed by atoms with Crippen molar-refractivity contribution in [1.82, 2.24) is 58.1 Å². The number of nitro benzene ring substituents is 1. The number of imide groups is 3. The summed E-state index contributed by atoms with van der Waals surface area (Å²) in [6, 6.07) is 47.3. The van der Waals surface area contributed by atoms with Gasteiger partial charge in [-0.1, -0.05) is 120 Å². The zero-order chi connectivity index (χ0) is 108. The van der Waals surface area contributed by atoms with E-state index in [1.54, 1.807) is 215 Å². The van der Waals surface area contributed by atoms with Gasteiger partial charge in [0.05, 0.1) is 70.4 Å². The van der Waals surface area contributed by atoms with Gasteiger partial charge in [-0.05, 0) is 167 Å². The molecule has 9 N–H and O–H groups in total. The molecule has 46 heteroatoms. The molecular formula is C101H126BClF2N16O23Si2U. The van der Waals surface area contributed by atoms with Gasteiger partial charge in [-0.3, -0.25) is 86.3 Å². The van der Waals surface area contributed by atoms with Gasteiger partial charge in [0.1, 0.15) is 50.8 Å². The van der Waals surface area contributed by atoms with Crippen molar-refractivity contribution >= 4 is 122 Å². The molecule has 147 heavy (non-hydrogen) atoms. The van der Waals surface area contributed by atoms with Gasteiger partial charge in [-0.25, -0.2) is 38.5 Å². The molecule has 14 aromatic rings. The number of aromatic amines is 3. The molecule has 14 heterocycles. The Balaban J connectivity index is 0.000000547. The number of carboxylic acid groups (broad SMARTS) is 1. The second-order valence-corrected chi connectivity index (χ2v) is 45.0. The van der Waals surface area contributed by atoms with Gasteiger partial charge in [-0.2, -0.15) is 21.2 Å². The number of amides is 6.